The zero-order chi connectivity index (χ0) is 12.3. The molecule has 3 N–H and O–H groups in total. The highest BCUT2D eigenvalue weighted by Crippen LogP contribution is 2.36. The predicted molar refractivity (Wildman–Crippen MR) is 78.0 cm³/mol. The second-order valence-corrected chi connectivity index (χ2v) is 4.14. The monoisotopic (exact) mass is 304 g/mol. The molecule has 18 heavy (non-hydrogen) atoms. The molecule has 0 atom stereocenters. The first kappa shape index (κ1) is 14.9. The van der Waals surface area contributed by atoms with Gasteiger partial charge in [-0.15, -0.1) is 12.4 Å². The summed E-state index contributed by atoms with van der Waals surface area (Å²) < 4.78 is 5.61. The highest BCUT2D eigenvalue weighted by molar-refractivity contribution is 6.37. The van der Waals surface area contributed by atoms with Crippen molar-refractivity contribution in [2.24, 2.45) is 5.84 Å². The average Bonchev–Trinajstić information content (AvgIpc) is 2.35. The number of benzene rings is 2. The van der Waals surface area contributed by atoms with Crippen LogP contribution in [0.15, 0.2) is 42.5 Å². The van der Waals surface area contributed by atoms with Gasteiger partial charge in [0.1, 0.15) is 5.75 Å². The van der Waals surface area contributed by atoms with Gasteiger partial charge in [-0.05, 0) is 36.4 Å². The van der Waals surface area contributed by atoms with Gasteiger partial charge in [0.2, 0.25) is 0 Å². The van der Waals surface area contributed by atoms with Crippen LogP contribution in [0, 0.1) is 0 Å². The van der Waals surface area contributed by atoms with E-state index in [9.17, 15) is 0 Å². The first-order valence-corrected chi connectivity index (χ1v) is 5.65. The number of para-hydroxylation sites is 1. The Morgan fingerprint density at radius 1 is 0.944 bits per heavy atom. The van der Waals surface area contributed by atoms with E-state index in [1.54, 1.807) is 42.5 Å². The molecule has 0 amide bonds. The fourth-order valence-corrected chi connectivity index (χ4v) is 1.79. The number of nitrogens with two attached hydrogens (primary N) is 1. The lowest BCUT2D eigenvalue weighted by atomic mass is 10.3. The van der Waals surface area contributed by atoms with E-state index in [-0.39, 0.29) is 12.4 Å². The summed E-state index contributed by atoms with van der Waals surface area (Å²) in [5.41, 5.74) is 3.33. The van der Waals surface area contributed by atoms with Crippen molar-refractivity contribution < 1.29 is 4.74 Å². The van der Waals surface area contributed by atoms with Crippen LogP contribution < -0.4 is 16.0 Å². The first-order chi connectivity index (χ1) is 8.20. The SMILES string of the molecule is Cl.NNc1ccc(Oc2c(Cl)cccc2Cl)cc1. The normalized spacial score (nSPS) is 9.50. The Morgan fingerprint density at radius 3 is 2.00 bits per heavy atom. The lowest BCUT2D eigenvalue weighted by molar-refractivity contribution is 0.483. The van der Waals surface area contributed by atoms with E-state index in [1.807, 2.05) is 0 Å². The summed E-state index contributed by atoms with van der Waals surface area (Å²) in [5, 5.41) is 0.942. The third-order valence-corrected chi connectivity index (χ3v) is 2.76. The van der Waals surface area contributed by atoms with Crippen LogP contribution in [-0.4, -0.2) is 0 Å². The topological polar surface area (TPSA) is 47.3 Å². The van der Waals surface area contributed by atoms with E-state index >= 15 is 0 Å². The Morgan fingerprint density at radius 2 is 1.50 bits per heavy atom. The maximum atomic E-state index is 6.00. The van der Waals surface area contributed by atoms with Crippen molar-refractivity contribution in [3.05, 3.63) is 52.5 Å². The zero-order valence-electron chi connectivity index (χ0n) is 9.19. The van der Waals surface area contributed by atoms with Crippen LogP contribution in [0.4, 0.5) is 5.69 Å². The van der Waals surface area contributed by atoms with Crippen LogP contribution in [0.25, 0.3) is 0 Å². The van der Waals surface area contributed by atoms with Gasteiger partial charge >= 0.3 is 0 Å². The number of hydrazine groups is 1. The van der Waals surface area contributed by atoms with Crippen molar-refractivity contribution in [2.75, 3.05) is 5.43 Å². The number of nitrogen functional groups attached to an aromatic ring is 1. The van der Waals surface area contributed by atoms with E-state index in [0.717, 1.165) is 5.69 Å². The second kappa shape index (κ2) is 6.71. The van der Waals surface area contributed by atoms with Gasteiger partial charge in [0.25, 0.3) is 0 Å². The number of ether oxygens (including phenoxy) is 1. The van der Waals surface area contributed by atoms with Crippen molar-refractivity contribution in [1.29, 1.82) is 0 Å². The quantitative estimate of drug-likeness (QED) is 0.648. The van der Waals surface area contributed by atoms with Crippen LogP contribution in [0.5, 0.6) is 11.5 Å². The van der Waals surface area contributed by atoms with Gasteiger partial charge in [0.15, 0.2) is 5.75 Å². The lowest BCUT2D eigenvalue weighted by Gasteiger charge is -2.09. The predicted octanol–water partition coefficient (Wildman–Crippen LogP) is 4.49. The molecule has 6 heteroatoms. The Hall–Kier alpha value is -1.13. The summed E-state index contributed by atoms with van der Waals surface area (Å²) in [5.74, 6) is 6.35. The zero-order valence-corrected chi connectivity index (χ0v) is 11.5. The van der Waals surface area contributed by atoms with Gasteiger partial charge in [0, 0.05) is 5.69 Å². The molecular formula is C12H11Cl3N2O. The van der Waals surface area contributed by atoms with Crippen LogP contribution in [-0.2, 0) is 0 Å². The highest BCUT2D eigenvalue weighted by Gasteiger charge is 2.07. The first-order valence-electron chi connectivity index (χ1n) is 4.89. The van der Waals surface area contributed by atoms with Gasteiger partial charge in [-0.25, -0.2) is 0 Å². The Bertz CT molecular complexity index is 497. The van der Waals surface area contributed by atoms with Crippen LogP contribution in [0.2, 0.25) is 10.0 Å². The van der Waals surface area contributed by atoms with Crippen LogP contribution in [0.3, 0.4) is 0 Å². The number of anilines is 1. The molecule has 0 aliphatic rings. The molecule has 2 aromatic carbocycles. The summed E-state index contributed by atoms with van der Waals surface area (Å²) in [6.07, 6.45) is 0. The molecule has 0 heterocycles. The Kier molecular flexibility index (Phi) is 5.56. The molecule has 3 nitrogen and oxygen atoms in total. The molecule has 0 spiro atoms. The van der Waals surface area contributed by atoms with E-state index in [1.165, 1.54) is 0 Å². The molecule has 0 fully saturated rings. The molecule has 0 saturated carbocycles. The minimum atomic E-state index is 0. The molecule has 2 rings (SSSR count). The molecule has 96 valence electrons. The van der Waals surface area contributed by atoms with Crippen LogP contribution in [0.1, 0.15) is 0 Å². The number of rotatable bonds is 3. The molecular weight excluding hydrogens is 295 g/mol. The Labute approximate surface area is 121 Å². The maximum absolute atomic E-state index is 6.00. The fraction of sp³-hybridized carbons (Fsp3) is 0. The molecule has 0 aromatic heterocycles. The second-order valence-electron chi connectivity index (χ2n) is 3.32. The smallest absolute Gasteiger partial charge is 0.164 e. The van der Waals surface area contributed by atoms with Crippen LogP contribution >= 0.6 is 35.6 Å². The molecule has 0 aliphatic heterocycles. The fourth-order valence-electron chi connectivity index (χ4n) is 1.32. The number of halogens is 3. The van der Waals surface area contributed by atoms with Gasteiger partial charge in [-0.3, -0.25) is 5.84 Å². The summed E-state index contributed by atoms with van der Waals surface area (Å²) in [6, 6.07) is 12.3. The third-order valence-electron chi connectivity index (χ3n) is 2.16. The average molecular weight is 306 g/mol. The Balaban J connectivity index is 0.00000162. The van der Waals surface area contributed by atoms with Gasteiger partial charge in [-0.2, -0.15) is 0 Å². The highest BCUT2D eigenvalue weighted by atomic mass is 35.5. The van der Waals surface area contributed by atoms with Crippen molar-refractivity contribution >= 4 is 41.3 Å². The van der Waals surface area contributed by atoms with Gasteiger partial charge < -0.3 is 10.2 Å². The minimum absolute atomic E-state index is 0. The van der Waals surface area contributed by atoms with Gasteiger partial charge in [0.05, 0.1) is 10.0 Å². The minimum Gasteiger partial charge on any atom is -0.454 e. The molecule has 0 unspecified atom stereocenters. The van der Waals surface area contributed by atoms with E-state index in [0.29, 0.717) is 21.5 Å². The van der Waals surface area contributed by atoms with Gasteiger partial charge in [-0.1, -0.05) is 29.3 Å². The summed E-state index contributed by atoms with van der Waals surface area (Å²) >= 11 is 12.0. The van der Waals surface area contributed by atoms with E-state index < -0.39 is 0 Å². The van der Waals surface area contributed by atoms with Crippen molar-refractivity contribution in [3.8, 4) is 11.5 Å². The molecule has 0 saturated heterocycles. The summed E-state index contributed by atoms with van der Waals surface area (Å²) in [4.78, 5) is 0. The number of hydrogen-bond acceptors (Lipinski definition) is 3. The summed E-state index contributed by atoms with van der Waals surface area (Å²) in [6.45, 7) is 0. The molecule has 0 radical (unpaired) electrons. The largest absolute Gasteiger partial charge is 0.454 e. The third kappa shape index (κ3) is 3.43. The number of nitrogens with one attached hydrogen (secondary N) is 1. The molecule has 2 aromatic rings. The maximum Gasteiger partial charge on any atom is 0.164 e. The van der Waals surface area contributed by atoms with E-state index in [4.69, 9.17) is 33.8 Å². The van der Waals surface area contributed by atoms with Crippen molar-refractivity contribution in [2.45, 2.75) is 0 Å². The van der Waals surface area contributed by atoms with Crippen molar-refractivity contribution in [3.63, 3.8) is 0 Å². The standard InChI is InChI=1S/C12H10Cl2N2O.ClH/c13-10-2-1-3-11(14)12(10)17-9-6-4-8(16-15)5-7-9;/h1-7,16H,15H2;1H. The number of hydrogen-bond donors (Lipinski definition) is 2. The van der Waals surface area contributed by atoms with Crippen molar-refractivity contribution in [1.82, 2.24) is 0 Å². The van der Waals surface area contributed by atoms with E-state index in [2.05, 4.69) is 5.43 Å². The lowest BCUT2D eigenvalue weighted by Crippen LogP contribution is -2.05. The molecule has 0 aliphatic carbocycles. The summed E-state index contributed by atoms with van der Waals surface area (Å²) in [7, 11) is 0. The molecule has 0 bridgehead atoms.